The predicted octanol–water partition coefficient (Wildman–Crippen LogP) is 0.870. The van der Waals surface area contributed by atoms with Gasteiger partial charge in [0, 0.05) is 30.5 Å². The first-order chi connectivity index (χ1) is 13.6. The minimum atomic E-state index is -0.356. The molecular formula is C19H24N6O3. The lowest BCUT2D eigenvalue weighted by Gasteiger charge is -2.40. The highest BCUT2D eigenvalue weighted by molar-refractivity contribution is 5.89. The summed E-state index contributed by atoms with van der Waals surface area (Å²) in [6.07, 6.45) is 6.05. The third-order valence-electron chi connectivity index (χ3n) is 6.27. The van der Waals surface area contributed by atoms with Crippen LogP contribution in [0.1, 0.15) is 71.6 Å². The molecule has 1 aliphatic heterocycles. The van der Waals surface area contributed by atoms with Gasteiger partial charge in [0.2, 0.25) is 5.89 Å². The Morgan fingerprint density at radius 3 is 3.00 bits per heavy atom. The lowest BCUT2D eigenvalue weighted by Crippen LogP contribution is -2.45. The van der Waals surface area contributed by atoms with Gasteiger partial charge >= 0.3 is 0 Å². The van der Waals surface area contributed by atoms with Crippen molar-refractivity contribution in [3.63, 3.8) is 0 Å². The van der Waals surface area contributed by atoms with Gasteiger partial charge < -0.3 is 14.8 Å². The normalized spacial score (nSPS) is 24.5. The molecule has 148 valence electrons. The van der Waals surface area contributed by atoms with Gasteiger partial charge in [0.1, 0.15) is 5.82 Å². The van der Waals surface area contributed by atoms with E-state index in [1.165, 1.54) is 7.05 Å². The second-order valence-corrected chi connectivity index (χ2v) is 8.24. The number of hydrogen-bond donors (Lipinski definition) is 2. The van der Waals surface area contributed by atoms with Gasteiger partial charge in [-0.3, -0.25) is 14.5 Å². The molecule has 2 fully saturated rings. The Kier molecular flexibility index (Phi) is 4.08. The number of likely N-dealkylation sites (tertiary alicyclic amines) is 1. The van der Waals surface area contributed by atoms with Gasteiger partial charge in [-0.25, -0.2) is 4.98 Å². The highest BCUT2D eigenvalue weighted by Crippen LogP contribution is 2.45. The van der Waals surface area contributed by atoms with Crippen molar-refractivity contribution >= 4 is 5.91 Å². The first kappa shape index (κ1) is 17.5. The Bertz CT molecular complexity index is 978. The van der Waals surface area contributed by atoms with Crippen LogP contribution >= 0.6 is 0 Å². The number of hydrogen-bond acceptors (Lipinski definition) is 7. The van der Waals surface area contributed by atoms with Gasteiger partial charge in [0.25, 0.3) is 17.3 Å². The number of carbonyl (C=O) groups excluding carboxylic acids is 1. The van der Waals surface area contributed by atoms with Crippen molar-refractivity contribution in [1.29, 1.82) is 0 Å². The monoisotopic (exact) mass is 384 g/mol. The van der Waals surface area contributed by atoms with Crippen LogP contribution in [0.4, 0.5) is 0 Å². The molecule has 2 N–H and O–H groups in total. The Morgan fingerprint density at radius 2 is 2.21 bits per heavy atom. The molecule has 2 aromatic rings. The topological polar surface area (TPSA) is 117 Å². The van der Waals surface area contributed by atoms with Crippen LogP contribution in [0.15, 0.2) is 9.32 Å². The molecule has 1 unspecified atom stereocenters. The molecular weight excluding hydrogens is 360 g/mol. The Morgan fingerprint density at radius 1 is 1.36 bits per heavy atom. The summed E-state index contributed by atoms with van der Waals surface area (Å²) in [7, 11) is 1.54. The molecule has 1 atom stereocenters. The summed E-state index contributed by atoms with van der Waals surface area (Å²) >= 11 is 0. The van der Waals surface area contributed by atoms with Gasteiger partial charge in [-0.05, 0) is 45.1 Å². The van der Waals surface area contributed by atoms with Crippen LogP contribution < -0.4 is 10.9 Å². The number of nitrogens with zero attached hydrogens (tertiary/aromatic N) is 4. The molecule has 9 heteroatoms. The van der Waals surface area contributed by atoms with Crippen LogP contribution in [0.3, 0.4) is 0 Å². The fourth-order valence-electron chi connectivity index (χ4n) is 4.69. The van der Waals surface area contributed by atoms with Gasteiger partial charge in [0.15, 0.2) is 0 Å². The fourth-order valence-corrected chi connectivity index (χ4v) is 4.69. The van der Waals surface area contributed by atoms with Crippen LogP contribution in [-0.4, -0.2) is 51.1 Å². The molecule has 0 radical (unpaired) electrons. The first-order valence-corrected chi connectivity index (χ1v) is 9.98. The zero-order valence-electron chi connectivity index (χ0n) is 16.0. The van der Waals surface area contributed by atoms with E-state index in [0.717, 1.165) is 68.7 Å². The van der Waals surface area contributed by atoms with E-state index >= 15 is 0 Å². The van der Waals surface area contributed by atoms with Crippen molar-refractivity contribution in [2.75, 3.05) is 20.1 Å². The molecule has 1 spiro atoms. The number of nitrogens with one attached hydrogen (secondary N) is 2. The number of aromatic nitrogens is 4. The molecule has 1 amide bonds. The van der Waals surface area contributed by atoms with E-state index in [2.05, 4.69) is 25.3 Å². The molecule has 9 nitrogen and oxygen atoms in total. The Labute approximate surface area is 161 Å². The summed E-state index contributed by atoms with van der Waals surface area (Å²) in [5.41, 5.74) is 1.85. The predicted molar refractivity (Wildman–Crippen MR) is 99.0 cm³/mol. The van der Waals surface area contributed by atoms with Gasteiger partial charge in [-0.15, -0.1) is 0 Å². The van der Waals surface area contributed by atoms with E-state index < -0.39 is 0 Å². The average Bonchev–Trinajstić information content (AvgIpc) is 3.36. The van der Waals surface area contributed by atoms with Gasteiger partial charge in [-0.1, -0.05) is 5.16 Å². The van der Waals surface area contributed by atoms with E-state index in [9.17, 15) is 9.59 Å². The van der Waals surface area contributed by atoms with E-state index in [4.69, 9.17) is 9.51 Å². The standard InChI is InChI=1S/C19H24N6O3/c1-20-18(27)16-21-13(28-24-16)9-25-8-2-6-19(10-25)7-5-12-14(19)22-15(11-3-4-11)23-17(12)26/h11H,2-10H2,1H3,(H,20,27)(H,22,23,26). The van der Waals surface area contributed by atoms with Crippen LogP contribution in [0.25, 0.3) is 0 Å². The zero-order chi connectivity index (χ0) is 19.3. The molecule has 0 aromatic carbocycles. The maximum Gasteiger partial charge on any atom is 0.292 e. The summed E-state index contributed by atoms with van der Waals surface area (Å²) in [6.45, 7) is 2.24. The highest BCUT2D eigenvalue weighted by atomic mass is 16.5. The van der Waals surface area contributed by atoms with Gasteiger partial charge in [0.05, 0.1) is 12.2 Å². The maximum absolute atomic E-state index is 12.6. The minimum Gasteiger partial charge on any atom is -0.352 e. The lowest BCUT2D eigenvalue weighted by molar-refractivity contribution is 0.0950. The van der Waals surface area contributed by atoms with Crippen molar-refractivity contribution in [3.05, 3.63) is 39.2 Å². The van der Waals surface area contributed by atoms with Gasteiger partial charge in [-0.2, -0.15) is 4.98 Å². The quantitative estimate of drug-likeness (QED) is 0.803. The summed E-state index contributed by atoms with van der Waals surface area (Å²) in [6, 6.07) is 0. The third kappa shape index (κ3) is 2.94. The molecule has 2 aliphatic carbocycles. The molecule has 3 aliphatic rings. The van der Waals surface area contributed by atoms with Crippen LogP contribution in [0, 0.1) is 0 Å². The summed E-state index contributed by atoms with van der Waals surface area (Å²) in [4.78, 5) is 38.6. The Hall–Kier alpha value is -2.55. The fraction of sp³-hybridized carbons (Fsp3) is 0.632. The average molecular weight is 384 g/mol. The molecule has 1 saturated heterocycles. The van der Waals surface area contributed by atoms with Crippen molar-refractivity contribution in [1.82, 2.24) is 30.3 Å². The number of amides is 1. The van der Waals surface area contributed by atoms with Crippen molar-refractivity contribution in [3.8, 4) is 0 Å². The maximum atomic E-state index is 12.6. The number of fused-ring (bicyclic) bond motifs is 2. The SMILES string of the molecule is CNC(=O)c1noc(CN2CCCC3(CCc4c3nc(C3CC3)[nH]c4=O)C2)n1. The Balaban J connectivity index is 1.39. The van der Waals surface area contributed by atoms with E-state index in [0.29, 0.717) is 18.4 Å². The van der Waals surface area contributed by atoms with Crippen molar-refractivity contribution in [2.24, 2.45) is 0 Å². The van der Waals surface area contributed by atoms with Crippen LogP contribution in [0.5, 0.6) is 0 Å². The molecule has 28 heavy (non-hydrogen) atoms. The summed E-state index contributed by atoms with van der Waals surface area (Å²) in [5, 5.41) is 6.24. The largest absolute Gasteiger partial charge is 0.352 e. The number of H-pyrrole nitrogens is 1. The zero-order valence-corrected chi connectivity index (χ0v) is 16.0. The molecule has 3 heterocycles. The van der Waals surface area contributed by atoms with Crippen LogP contribution in [-0.2, 0) is 18.4 Å². The summed E-state index contributed by atoms with van der Waals surface area (Å²) < 4.78 is 5.25. The number of carbonyl (C=O) groups is 1. The highest BCUT2D eigenvalue weighted by Gasteiger charge is 2.45. The first-order valence-electron chi connectivity index (χ1n) is 9.98. The number of rotatable bonds is 4. The molecule has 1 saturated carbocycles. The third-order valence-corrected chi connectivity index (χ3v) is 6.27. The van der Waals surface area contributed by atoms with E-state index in [1.54, 1.807) is 0 Å². The van der Waals surface area contributed by atoms with Crippen molar-refractivity contribution in [2.45, 2.75) is 56.4 Å². The molecule has 2 aromatic heterocycles. The van der Waals surface area contributed by atoms with E-state index in [1.807, 2.05) is 0 Å². The molecule has 0 bridgehead atoms. The number of piperidine rings is 1. The van der Waals surface area contributed by atoms with Crippen LogP contribution in [0.2, 0.25) is 0 Å². The smallest absolute Gasteiger partial charge is 0.292 e. The second-order valence-electron chi connectivity index (χ2n) is 8.24. The minimum absolute atomic E-state index is 0.0491. The molecule has 5 rings (SSSR count). The summed E-state index contributed by atoms with van der Waals surface area (Å²) in [5.74, 6) is 1.43. The number of aromatic amines is 1. The lowest BCUT2D eigenvalue weighted by atomic mass is 9.77. The van der Waals surface area contributed by atoms with Crippen molar-refractivity contribution < 1.29 is 9.32 Å². The van der Waals surface area contributed by atoms with E-state index in [-0.39, 0.29) is 22.7 Å². The second kappa shape index (κ2) is 6.51.